The van der Waals surface area contributed by atoms with Gasteiger partial charge >= 0.3 is 0 Å². The van der Waals surface area contributed by atoms with Crippen molar-refractivity contribution in [2.24, 2.45) is 0 Å². The molecule has 1 heterocycles. The number of benzene rings is 1. The van der Waals surface area contributed by atoms with E-state index in [-0.39, 0.29) is 0 Å². The maximum absolute atomic E-state index is 5.83. The van der Waals surface area contributed by atoms with Gasteiger partial charge in [0.2, 0.25) is 5.88 Å². The molecule has 0 aliphatic carbocycles. The number of rotatable bonds is 6. The van der Waals surface area contributed by atoms with Gasteiger partial charge in [-0.25, -0.2) is 4.98 Å². The van der Waals surface area contributed by atoms with Crippen LogP contribution in [0.5, 0.6) is 5.88 Å². The zero-order valence-electron chi connectivity index (χ0n) is 10.8. The van der Waals surface area contributed by atoms with E-state index in [1.165, 1.54) is 0 Å². The number of nitrogens with zero attached hydrogens (tertiary/aromatic N) is 2. The summed E-state index contributed by atoms with van der Waals surface area (Å²) >= 11 is 5.83. The Morgan fingerprint density at radius 3 is 2.74 bits per heavy atom. The highest BCUT2D eigenvalue weighted by Gasteiger charge is 2.00. The van der Waals surface area contributed by atoms with Gasteiger partial charge in [-0.15, -0.1) is 0 Å². The first-order chi connectivity index (χ1) is 9.28. The predicted molar refractivity (Wildman–Crippen MR) is 75.2 cm³/mol. The molecule has 5 heteroatoms. The topological polar surface area (TPSA) is 47.0 Å². The van der Waals surface area contributed by atoms with E-state index in [0.717, 1.165) is 22.8 Å². The lowest BCUT2D eigenvalue weighted by molar-refractivity contribution is 0.291. The van der Waals surface area contributed by atoms with Crippen LogP contribution in [-0.2, 0) is 13.2 Å². The second-order valence-electron chi connectivity index (χ2n) is 4.04. The van der Waals surface area contributed by atoms with Crippen LogP contribution in [0.15, 0.2) is 36.7 Å². The quantitative estimate of drug-likeness (QED) is 0.882. The van der Waals surface area contributed by atoms with Crippen LogP contribution in [0.2, 0.25) is 5.02 Å². The molecule has 4 nitrogen and oxygen atoms in total. The van der Waals surface area contributed by atoms with Crippen molar-refractivity contribution in [3.05, 3.63) is 52.9 Å². The minimum Gasteiger partial charge on any atom is -0.472 e. The fraction of sp³-hybridized carbons (Fsp3) is 0.286. The van der Waals surface area contributed by atoms with Crippen molar-refractivity contribution in [2.75, 3.05) is 6.54 Å². The van der Waals surface area contributed by atoms with Crippen LogP contribution in [0.1, 0.15) is 18.2 Å². The van der Waals surface area contributed by atoms with Crippen LogP contribution in [0.4, 0.5) is 0 Å². The van der Waals surface area contributed by atoms with Crippen LogP contribution >= 0.6 is 11.6 Å². The summed E-state index contributed by atoms with van der Waals surface area (Å²) in [5.41, 5.74) is 1.92. The van der Waals surface area contributed by atoms with Crippen LogP contribution < -0.4 is 10.1 Å². The van der Waals surface area contributed by atoms with Gasteiger partial charge in [0.15, 0.2) is 0 Å². The Bertz CT molecular complexity index is 516. The van der Waals surface area contributed by atoms with E-state index < -0.39 is 0 Å². The third-order valence-electron chi connectivity index (χ3n) is 2.52. The monoisotopic (exact) mass is 277 g/mol. The van der Waals surface area contributed by atoms with Gasteiger partial charge in [-0.1, -0.05) is 30.7 Å². The first kappa shape index (κ1) is 13.8. The fourth-order valence-electron chi connectivity index (χ4n) is 1.53. The number of nitrogens with one attached hydrogen (secondary N) is 1. The van der Waals surface area contributed by atoms with Crippen LogP contribution in [-0.4, -0.2) is 16.5 Å². The zero-order chi connectivity index (χ0) is 13.5. The molecule has 0 bridgehead atoms. The summed E-state index contributed by atoms with van der Waals surface area (Å²) in [6.45, 7) is 4.10. The van der Waals surface area contributed by atoms with Crippen LogP contribution in [0, 0.1) is 0 Å². The van der Waals surface area contributed by atoms with E-state index in [1.54, 1.807) is 12.4 Å². The Morgan fingerprint density at radius 2 is 2.00 bits per heavy atom. The number of ether oxygens (including phenoxy) is 1. The minimum absolute atomic E-state index is 0.455. The van der Waals surface area contributed by atoms with Crippen molar-refractivity contribution < 1.29 is 4.74 Å². The molecular formula is C14H16ClN3O. The standard InChI is InChI=1S/C14H16ClN3O/c1-2-16-7-13-8-17-9-14(18-13)19-10-11-3-5-12(15)6-4-11/h3-6,8-9,16H,2,7,10H2,1H3. The molecule has 0 amide bonds. The molecule has 19 heavy (non-hydrogen) atoms. The molecule has 0 radical (unpaired) electrons. The lowest BCUT2D eigenvalue weighted by Gasteiger charge is -2.07. The van der Waals surface area contributed by atoms with E-state index in [1.807, 2.05) is 31.2 Å². The summed E-state index contributed by atoms with van der Waals surface area (Å²) in [6.07, 6.45) is 3.35. The highest BCUT2D eigenvalue weighted by Crippen LogP contribution is 2.12. The Kier molecular flexibility index (Phi) is 5.12. The zero-order valence-corrected chi connectivity index (χ0v) is 11.5. The molecule has 2 aromatic rings. The summed E-state index contributed by atoms with van der Waals surface area (Å²) in [4.78, 5) is 8.48. The van der Waals surface area contributed by atoms with Gasteiger partial charge in [-0.3, -0.25) is 4.98 Å². The molecule has 2 rings (SSSR count). The summed E-state index contributed by atoms with van der Waals surface area (Å²) in [5.74, 6) is 0.533. The molecule has 0 unspecified atom stereocenters. The molecule has 0 saturated heterocycles. The average molecular weight is 278 g/mol. The Morgan fingerprint density at radius 1 is 1.21 bits per heavy atom. The minimum atomic E-state index is 0.455. The number of halogens is 1. The van der Waals surface area contributed by atoms with Crippen LogP contribution in [0.3, 0.4) is 0 Å². The maximum Gasteiger partial charge on any atom is 0.232 e. The lowest BCUT2D eigenvalue weighted by atomic mass is 10.2. The lowest BCUT2D eigenvalue weighted by Crippen LogP contribution is -2.13. The molecule has 1 aromatic carbocycles. The van der Waals surface area contributed by atoms with Gasteiger partial charge in [-0.05, 0) is 24.2 Å². The second kappa shape index (κ2) is 7.07. The maximum atomic E-state index is 5.83. The molecule has 0 atom stereocenters. The van der Waals surface area contributed by atoms with Crippen molar-refractivity contribution in [3.63, 3.8) is 0 Å². The molecule has 0 spiro atoms. The first-order valence-corrected chi connectivity index (χ1v) is 6.54. The number of aromatic nitrogens is 2. The predicted octanol–water partition coefficient (Wildman–Crippen LogP) is 2.82. The fourth-order valence-corrected chi connectivity index (χ4v) is 1.66. The van der Waals surface area contributed by atoms with Gasteiger partial charge in [0.25, 0.3) is 0 Å². The smallest absolute Gasteiger partial charge is 0.232 e. The van der Waals surface area contributed by atoms with E-state index in [0.29, 0.717) is 19.0 Å². The molecule has 0 aliphatic heterocycles. The third-order valence-corrected chi connectivity index (χ3v) is 2.77. The summed E-state index contributed by atoms with van der Waals surface area (Å²) in [6, 6.07) is 7.54. The van der Waals surface area contributed by atoms with Crippen molar-refractivity contribution >= 4 is 11.6 Å². The molecule has 1 aromatic heterocycles. The normalized spacial score (nSPS) is 10.4. The highest BCUT2D eigenvalue weighted by molar-refractivity contribution is 6.30. The van der Waals surface area contributed by atoms with E-state index in [2.05, 4.69) is 15.3 Å². The van der Waals surface area contributed by atoms with Gasteiger partial charge < -0.3 is 10.1 Å². The highest BCUT2D eigenvalue weighted by atomic mass is 35.5. The van der Waals surface area contributed by atoms with Crippen molar-refractivity contribution in [2.45, 2.75) is 20.1 Å². The Labute approximate surface area is 117 Å². The van der Waals surface area contributed by atoms with Gasteiger partial charge in [0.05, 0.1) is 11.9 Å². The summed E-state index contributed by atoms with van der Waals surface area (Å²) in [5, 5.41) is 3.92. The Hall–Kier alpha value is -1.65. The van der Waals surface area contributed by atoms with Crippen molar-refractivity contribution in [1.29, 1.82) is 0 Å². The van der Waals surface area contributed by atoms with Crippen molar-refractivity contribution in [3.8, 4) is 5.88 Å². The summed E-state index contributed by atoms with van der Waals surface area (Å²) in [7, 11) is 0. The van der Waals surface area contributed by atoms with Gasteiger partial charge in [-0.2, -0.15) is 0 Å². The third kappa shape index (κ3) is 4.50. The number of hydrogen-bond donors (Lipinski definition) is 1. The van der Waals surface area contributed by atoms with Crippen LogP contribution in [0.25, 0.3) is 0 Å². The summed E-state index contributed by atoms with van der Waals surface area (Å²) < 4.78 is 5.61. The van der Waals surface area contributed by atoms with E-state index in [4.69, 9.17) is 16.3 Å². The van der Waals surface area contributed by atoms with Gasteiger partial charge in [0.1, 0.15) is 6.61 Å². The molecule has 1 N–H and O–H groups in total. The SMILES string of the molecule is CCNCc1cncc(OCc2ccc(Cl)cc2)n1. The van der Waals surface area contributed by atoms with E-state index >= 15 is 0 Å². The second-order valence-corrected chi connectivity index (χ2v) is 4.48. The molecule has 0 saturated carbocycles. The van der Waals surface area contributed by atoms with E-state index in [9.17, 15) is 0 Å². The Balaban J connectivity index is 1.93. The largest absolute Gasteiger partial charge is 0.472 e. The number of hydrogen-bond acceptors (Lipinski definition) is 4. The molecule has 0 fully saturated rings. The first-order valence-electron chi connectivity index (χ1n) is 6.17. The molecule has 0 aliphatic rings. The average Bonchev–Trinajstić information content (AvgIpc) is 2.45. The molecular weight excluding hydrogens is 262 g/mol. The van der Waals surface area contributed by atoms with Crippen molar-refractivity contribution in [1.82, 2.24) is 15.3 Å². The van der Waals surface area contributed by atoms with Gasteiger partial charge in [0, 0.05) is 17.8 Å². The molecule has 100 valence electrons.